The van der Waals surface area contributed by atoms with E-state index in [-0.39, 0.29) is 0 Å². The molecule has 0 amide bonds. The lowest BCUT2D eigenvalue weighted by atomic mass is 10.0. The van der Waals surface area contributed by atoms with E-state index >= 15 is 0 Å². The van der Waals surface area contributed by atoms with Crippen LogP contribution in [0.1, 0.15) is 37.3 Å². The summed E-state index contributed by atoms with van der Waals surface area (Å²) in [6, 6.07) is 9.96. The zero-order valence-electron chi connectivity index (χ0n) is 11.9. The molecule has 1 N–H and O–H groups in total. The molecule has 0 unspecified atom stereocenters. The number of likely N-dealkylation sites (tertiary alicyclic amines) is 1. The normalized spacial score (nSPS) is 16.4. The van der Waals surface area contributed by atoms with Gasteiger partial charge in [-0.15, -0.1) is 0 Å². The van der Waals surface area contributed by atoms with Gasteiger partial charge in [0.1, 0.15) is 12.1 Å². The van der Waals surface area contributed by atoms with E-state index in [1.165, 1.54) is 6.42 Å². The Morgan fingerprint density at radius 1 is 1.20 bits per heavy atom. The van der Waals surface area contributed by atoms with Crippen LogP contribution in [-0.2, 0) is 0 Å². The van der Waals surface area contributed by atoms with Crippen LogP contribution in [0.4, 0.5) is 5.69 Å². The highest BCUT2D eigenvalue weighted by Gasteiger charge is 2.20. The maximum absolute atomic E-state index is 9.17. The number of anilines is 1. The molecule has 0 radical (unpaired) electrons. The molecule has 1 aliphatic heterocycles. The van der Waals surface area contributed by atoms with Crippen LogP contribution in [0, 0.1) is 22.7 Å². The van der Waals surface area contributed by atoms with Gasteiger partial charge in [0, 0.05) is 19.1 Å². The number of hydrogen-bond acceptors (Lipinski definition) is 4. The highest BCUT2D eigenvalue weighted by Crippen LogP contribution is 2.23. The summed E-state index contributed by atoms with van der Waals surface area (Å²) >= 11 is 0. The largest absolute Gasteiger partial charge is 0.380 e. The van der Waals surface area contributed by atoms with Gasteiger partial charge < -0.3 is 10.2 Å². The maximum atomic E-state index is 9.17. The molecule has 4 heteroatoms. The molecule has 2 rings (SSSR count). The molecule has 20 heavy (non-hydrogen) atoms. The molecule has 1 aromatic carbocycles. The summed E-state index contributed by atoms with van der Waals surface area (Å²) in [5.41, 5.74) is 1.81. The topological polar surface area (TPSA) is 62.9 Å². The van der Waals surface area contributed by atoms with Crippen molar-refractivity contribution in [3.05, 3.63) is 29.3 Å². The van der Waals surface area contributed by atoms with E-state index in [0.29, 0.717) is 22.9 Å². The van der Waals surface area contributed by atoms with E-state index in [1.807, 2.05) is 0 Å². The lowest BCUT2D eigenvalue weighted by Crippen LogP contribution is -2.39. The zero-order valence-corrected chi connectivity index (χ0v) is 11.9. The number of nitrogens with zero attached hydrogens (tertiary/aromatic N) is 3. The van der Waals surface area contributed by atoms with Crippen LogP contribution in [-0.4, -0.2) is 30.6 Å². The van der Waals surface area contributed by atoms with Gasteiger partial charge in [-0.3, -0.25) is 0 Å². The quantitative estimate of drug-likeness (QED) is 0.912. The van der Waals surface area contributed by atoms with Gasteiger partial charge in [0.25, 0.3) is 0 Å². The second-order valence-electron chi connectivity index (χ2n) is 5.21. The first-order chi connectivity index (χ1) is 9.78. The van der Waals surface area contributed by atoms with Gasteiger partial charge in [-0.1, -0.05) is 13.0 Å². The van der Waals surface area contributed by atoms with Crippen molar-refractivity contribution >= 4 is 5.69 Å². The first kappa shape index (κ1) is 14.4. The third-order valence-corrected chi connectivity index (χ3v) is 3.78. The van der Waals surface area contributed by atoms with Crippen molar-refractivity contribution in [3.63, 3.8) is 0 Å². The van der Waals surface area contributed by atoms with Gasteiger partial charge in [-0.25, -0.2) is 0 Å². The molecule has 104 valence electrons. The van der Waals surface area contributed by atoms with E-state index < -0.39 is 0 Å². The Bertz CT molecular complexity index is 498. The van der Waals surface area contributed by atoms with Crippen molar-refractivity contribution in [1.82, 2.24) is 4.90 Å². The lowest BCUT2D eigenvalue weighted by molar-refractivity contribution is 0.219. The summed E-state index contributed by atoms with van der Waals surface area (Å²) in [6.07, 6.45) is 3.31. The third kappa shape index (κ3) is 3.29. The predicted molar refractivity (Wildman–Crippen MR) is 79.2 cm³/mol. The number of benzene rings is 1. The molecular formula is C16H20N4. The number of para-hydroxylation sites is 1. The second-order valence-corrected chi connectivity index (χ2v) is 5.21. The molecule has 0 saturated carbocycles. The van der Waals surface area contributed by atoms with Gasteiger partial charge in [0.2, 0.25) is 0 Å². The summed E-state index contributed by atoms with van der Waals surface area (Å²) < 4.78 is 0. The number of nitriles is 2. The van der Waals surface area contributed by atoms with Crippen molar-refractivity contribution in [3.8, 4) is 12.1 Å². The highest BCUT2D eigenvalue weighted by atomic mass is 15.1. The fourth-order valence-corrected chi connectivity index (χ4v) is 2.72. The van der Waals surface area contributed by atoms with Crippen molar-refractivity contribution in [1.29, 1.82) is 10.5 Å². The number of rotatable bonds is 4. The van der Waals surface area contributed by atoms with Gasteiger partial charge in [0.05, 0.1) is 16.8 Å². The van der Waals surface area contributed by atoms with E-state index in [4.69, 9.17) is 0 Å². The van der Waals surface area contributed by atoms with E-state index in [2.05, 4.69) is 29.3 Å². The Labute approximate surface area is 120 Å². The standard InChI is InChI=1S/C16H20N4/c1-2-8-20-9-6-15(7-10-20)19-16-13(11-17)4-3-5-14(16)12-18/h3-5,15,19H,2,6-10H2,1H3. The molecule has 1 fully saturated rings. The fraction of sp³-hybridized carbons (Fsp3) is 0.500. The molecular weight excluding hydrogens is 248 g/mol. The Morgan fingerprint density at radius 3 is 2.30 bits per heavy atom. The average Bonchev–Trinajstić information content (AvgIpc) is 2.49. The molecule has 0 aliphatic carbocycles. The fourth-order valence-electron chi connectivity index (χ4n) is 2.72. The SMILES string of the molecule is CCCN1CCC(Nc2c(C#N)cccc2C#N)CC1. The average molecular weight is 268 g/mol. The van der Waals surface area contributed by atoms with Crippen LogP contribution in [0.3, 0.4) is 0 Å². The third-order valence-electron chi connectivity index (χ3n) is 3.78. The molecule has 0 bridgehead atoms. The summed E-state index contributed by atoms with van der Waals surface area (Å²) in [4.78, 5) is 2.47. The monoisotopic (exact) mass is 268 g/mol. The predicted octanol–water partition coefficient (Wildman–Crippen LogP) is 2.72. The first-order valence-corrected chi connectivity index (χ1v) is 7.20. The van der Waals surface area contributed by atoms with Crippen LogP contribution in [0.15, 0.2) is 18.2 Å². The lowest BCUT2D eigenvalue weighted by Gasteiger charge is -2.32. The summed E-state index contributed by atoms with van der Waals surface area (Å²) in [5, 5.41) is 21.8. The minimum atomic E-state index is 0.352. The van der Waals surface area contributed by atoms with Crippen LogP contribution in [0.2, 0.25) is 0 Å². The van der Waals surface area contributed by atoms with E-state index in [0.717, 1.165) is 32.5 Å². The molecule has 1 aromatic rings. The van der Waals surface area contributed by atoms with Crippen molar-refractivity contribution in [2.75, 3.05) is 25.0 Å². The van der Waals surface area contributed by atoms with Gasteiger partial charge in [-0.2, -0.15) is 10.5 Å². The molecule has 0 spiro atoms. The Balaban J connectivity index is 2.05. The highest BCUT2D eigenvalue weighted by molar-refractivity contribution is 5.66. The Kier molecular flexibility index (Phi) is 4.98. The van der Waals surface area contributed by atoms with Crippen molar-refractivity contribution in [2.24, 2.45) is 0 Å². The number of piperidine rings is 1. The zero-order chi connectivity index (χ0) is 14.4. The summed E-state index contributed by atoms with van der Waals surface area (Å²) in [5.74, 6) is 0. The van der Waals surface area contributed by atoms with Crippen molar-refractivity contribution in [2.45, 2.75) is 32.2 Å². The van der Waals surface area contributed by atoms with Crippen LogP contribution >= 0.6 is 0 Å². The maximum Gasteiger partial charge on any atom is 0.101 e. The summed E-state index contributed by atoms with van der Waals surface area (Å²) in [6.45, 7) is 5.53. The molecule has 0 atom stereocenters. The Morgan fingerprint density at radius 2 is 1.80 bits per heavy atom. The molecule has 4 nitrogen and oxygen atoms in total. The van der Waals surface area contributed by atoms with E-state index in [9.17, 15) is 10.5 Å². The van der Waals surface area contributed by atoms with Crippen LogP contribution in [0.5, 0.6) is 0 Å². The molecule has 0 aromatic heterocycles. The Hall–Kier alpha value is -2.04. The number of nitrogens with one attached hydrogen (secondary N) is 1. The van der Waals surface area contributed by atoms with Crippen LogP contribution in [0.25, 0.3) is 0 Å². The number of hydrogen-bond donors (Lipinski definition) is 1. The second kappa shape index (κ2) is 6.93. The summed E-state index contributed by atoms with van der Waals surface area (Å²) in [7, 11) is 0. The smallest absolute Gasteiger partial charge is 0.101 e. The van der Waals surface area contributed by atoms with Gasteiger partial charge >= 0.3 is 0 Å². The van der Waals surface area contributed by atoms with Gasteiger partial charge in [-0.05, 0) is 37.9 Å². The molecule has 1 saturated heterocycles. The first-order valence-electron chi connectivity index (χ1n) is 7.20. The van der Waals surface area contributed by atoms with Crippen LogP contribution < -0.4 is 5.32 Å². The minimum Gasteiger partial charge on any atom is -0.380 e. The van der Waals surface area contributed by atoms with Crippen molar-refractivity contribution < 1.29 is 0 Å². The van der Waals surface area contributed by atoms with E-state index in [1.54, 1.807) is 18.2 Å². The molecule has 1 heterocycles. The van der Waals surface area contributed by atoms with Gasteiger partial charge in [0.15, 0.2) is 0 Å². The minimum absolute atomic E-state index is 0.352. The molecule has 1 aliphatic rings.